The molecule has 5 nitrogen and oxygen atoms in total. The number of carbonyl (C=O) groups is 1. The summed E-state index contributed by atoms with van der Waals surface area (Å²) in [6.07, 6.45) is 0. The highest BCUT2D eigenvalue weighted by Crippen LogP contribution is 2.27. The Morgan fingerprint density at radius 3 is 2.57 bits per heavy atom. The second-order valence-electron chi connectivity index (χ2n) is 7.18. The number of rotatable bonds is 7. The van der Waals surface area contributed by atoms with Crippen molar-refractivity contribution >= 4 is 29.0 Å². The predicted octanol–water partition coefficient (Wildman–Crippen LogP) is 4.40. The number of benzene rings is 2. The van der Waals surface area contributed by atoms with Gasteiger partial charge in [-0.2, -0.15) is 0 Å². The van der Waals surface area contributed by atoms with Crippen LogP contribution in [0.3, 0.4) is 0 Å². The van der Waals surface area contributed by atoms with Gasteiger partial charge in [-0.25, -0.2) is 4.98 Å². The second-order valence-corrected chi connectivity index (χ2v) is 8.92. The van der Waals surface area contributed by atoms with Gasteiger partial charge in [0.25, 0.3) is 5.91 Å². The standard InChI is InChI=1S/C23H25N3O2S2/c1-28-20-8-6-18(7-9-20)14-25-10-12-26(13-11-25)23(27)21-4-2-3-5-22(21)30-16-19-15-29-17-24-19/h2-9,15,17H,10-14,16H2,1H3. The van der Waals surface area contributed by atoms with Crippen molar-refractivity contribution < 1.29 is 9.53 Å². The SMILES string of the molecule is COc1ccc(CN2CCN(C(=O)c3ccccc3SCc3cscn3)CC2)cc1. The van der Waals surface area contributed by atoms with Crippen LogP contribution in [0.4, 0.5) is 0 Å². The maximum Gasteiger partial charge on any atom is 0.255 e. The highest BCUT2D eigenvalue weighted by atomic mass is 32.2. The molecule has 7 heteroatoms. The summed E-state index contributed by atoms with van der Waals surface area (Å²) in [5, 5.41) is 2.06. The Balaban J connectivity index is 1.33. The lowest BCUT2D eigenvalue weighted by molar-refractivity contribution is 0.0625. The number of hydrogen-bond acceptors (Lipinski definition) is 6. The van der Waals surface area contributed by atoms with Crippen LogP contribution in [-0.4, -0.2) is 54.0 Å². The smallest absolute Gasteiger partial charge is 0.255 e. The first-order valence-corrected chi connectivity index (χ1v) is 11.9. The number of amides is 1. The fourth-order valence-corrected chi connectivity index (χ4v) is 5.11. The van der Waals surface area contributed by atoms with E-state index in [9.17, 15) is 4.79 Å². The van der Waals surface area contributed by atoms with Gasteiger partial charge in [-0.3, -0.25) is 9.69 Å². The van der Waals surface area contributed by atoms with Gasteiger partial charge in [0.2, 0.25) is 0 Å². The Morgan fingerprint density at radius 2 is 1.87 bits per heavy atom. The van der Waals surface area contributed by atoms with Gasteiger partial charge in [0, 0.05) is 48.8 Å². The van der Waals surface area contributed by atoms with E-state index in [1.807, 2.05) is 46.8 Å². The predicted molar refractivity (Wildman–Crippen MR) is 122 cm³/mol. The van der Waals surface area contributed by atoms with Crippen molar-refractivity contribution in [1.29, 1.82) is 0 Å². The largest absolute Gasteiger partial charge is 0.497 e. The summed E-state index contributed by atoms with van der Waals surface area (Å²) < 4.78 is 5.23. The number of hydrogen-bond donors (Lipinski definition) is 0. The van der Waals surface area contributed by atoms with Gasteiger partial charge in [0.05, 0.1) is 23.9 Å². The van der Waals surface area contributed by atoms with Gasteiger partial charge < -0.3 is 9.64 Å². The molecule has 0 aliphatic carbocycles. The zero-order valence-electron chi connectivity index (χ0n) is 17.0. The number of carbonyl (C=O) groups excluding carboxylic acids is 1. The molecule has 156 valence electrons. The molecule has 1 aliphatic heterocycles. The zero-order chi connectivity index (χ0) is 20.8. The van der Waals surface area contributed by atoms with Crippen molar-refractivity contribution in [3.05, 3.63) is 76.2 Å². The molecular formula is C23H25N3O2S2. The van der Waals surface area contributed by atoms with Gasteiger partial charge in [-0.1, -0.05) is 24.3 Å². The Labute approximate surface area is 185 Å². The number of thiazole rings is 1. The summed E-state index contributed by atoms with van der Waals surface area (Å²) in [7, 11) is 1.68. The van der Waals surface area contributed by atoms with E-state index in [-0.39, 0.29) is 5.91 Å². The Bertz CT molecular complexity index is 953. The molecule has 4 rings (SSSR count). The maximum absolute atomic E-state index is 13.2. The topological polar surface area (TPSA) is 45.7 Å². The van der Waals surface area contributed by atoms with Crippen molar-refractivity contribution in [3.8, 4) is 5.75 Å². The first-order valence-electron chi connectivity index (χ1n) is 9.96. The Morgan fingerprint density at radius 1 is 1.10 bits per heavy atom. The molecule has 1 saturated heterocycles. The highest BCUT2D eigenvalue weighted by Gasteiger charge is 2.24. The summed E-state index contributed by atoms with van der Waals surface area (Å²) in [5.41, 5.74) is 4.96. The minimum absolute atomic E-state index is 0.125. The van der Waals surface area contributed by atoms with E-state index in [1.54, 1.807) is 30.2 Å². The zero-order valence-corrected chi connectivity index (χ0v) is 18.6. The van der Waals surface area contributed by atoms with Crippen LogP contribution in [0.1, 0.15) is 21.6 Å². The average molecular weight is 440 g/mol. The van der Waals surface area contributed by atoms with Crippen LogP contribution in [-0.2, 0) is 12.3 Å². The van der Waals surface area contributed by atoms with Crippen LogP contribution in [0.2, 0.25) is 0 Å². The third-order valence-corrected chi connectivity index (χ3v) is 6.94. The van der Waals surface area contributed by atoms with Gasteiger partial charge in [-0.05, 0) is 29.8 Å². The molecule has 0 saturated carbocycles. The molecule has 0 N–H and O–H groups in total. The number of ether oxygens (including phenoxy) is 1. The number of aromatic nitrogens is 1. The third kappa shape index (κ3) is 5.22. The molecule has 1 amide bonds. The minimum atomic E-state index is 0.125. The number of thioether (sulfide) groups is 1. The van der Waals surface area contributed by atoms with Gasteiger partial charge in [-0.15, -0.1) is 23.1 Å². The Hall–Kier alpha value is -2.35. The third-order valence-electron chi connectivity index (χ3n) is 5.20. The van der Waals surface area contributed by atoms with Gasteiger partial charge in [0.15, 0.2) is 0 Å². The first-order chi connectivity index (χ1) is 14.7. The molecule has 3 aromatic rings. The van der Waals surface area contributed by atoms with Crippen molar-refractivity contribution in [2.24, 2.45) is 0 Å². The molecule has 1 aliphatic rings. The van der Waals surface area contributed by atoms with Crippen LogP contribution in [0, 0.1) is 0 Å². The van der Waals surface area contributed by atoms with Crippen LogP contribution < -0.4 is 4.74 Å². The lowest BCUT2D eigenvalue weighted by Crippen LogP contribution is -2.48. The molecule has 0 bridgehead atoms. The van der Waals surface area contributed by atoms with Crippen LogP contribution >= 0.6 is 23.1 Å². The van der Waals surface area contributed by atoms with Gasteiger partial charge in [0.1, 0.15) is 5.75 Å². The number of methoxy groups -OCH3 is 1. The summed E-state index contributed by atoms with van der Waals surface area (Å²) in [4.78, 5) is 22.9. The maximum atomic E-state index is 13.2. The molecular weight excluding hydrogens is 414 g/mol. The van der Waals surface area contributed by atoms with E-state index < -0.39 is 0 Å². The molecule has 1 aromatic heterocycles. The minimum Gasteiger partial charge on any atom is -0.497 e. The molecule has 0 spiro atoms. The summed E-state index contributed by atoms with van der Waals surface area (Å²) in [6, 6.07) is 16.1. The fraction of sp³-hybridized carbons (Fsp3) is 0.304. The second kappa shape index (κ2) is 10.1. The van der Waals surface area contributed by atoms with Crippen molar-refractivity contribution in [2.45, 2.75) is 17.2 Å². The van der Waals surface area contributed by atoms with Crippen molar-refractivity contribution in [3.63, 3.8) is 0 Å². The van der Waals surface area contributed by atoms with E-state index >= 15 is 0 Å². The quantitative estimate of drug-likeness (QED) is 0.511. The van der Waals surface area contributed by atoms with E-state index in [2.05, 4.69) is 27.4 Å². The van der Waals surface area contributed by atoms with Crippen LogP contribution in [0.15, 0.2) is 64.3 Å². The molecule has 2 aromatic carbocycles. The molecule has 30 heavy (non-hydrogen) atoms. The number of piperazine rings is 1. The molecule has 0 unspecified atom stereocenters. The molecule has 1 fully saturated rings. The normalized spacial score (nSPS) is 14.6. The monoisotopic (exact) mass is 439 g/mol. The summed E-state index contributed by atoms with van der Waals surface area (Å²) >= 11 is 3.28. The fourth-order valence-electron chi connectivity index (χ4n) is 3.50. The van der Waals surface area contributed by atoms with E-state index in [0.29, 0.717) is 0 Å². The van der Waals surface area contributed by atoms with E-state index in [4.69, 9.17) is 4.74 Å². The van der Waals surface area contributed by atoms with Crippen molar-refractivity contribution in [2.75, 3.05) is 33.3 Å². The van der Waals surface area contributed by atoms with Crippen LogP contribution in [0.5, 0.6) is 5.75 Å². The summed E-state index contributed by atoms with van der Waals surface area (Å²) in [5.74, 6) is 1.78. The summed E-state index contributed by atoms with van der Waals surface area (Å²) in [6.45, 7) is 4.16. The molecule has 0 radical (unpaired) electrons. The van der Waals surface area contributed by atoms with Crippen molar-refractivity contribution in [1.82, 2.24) is 14.8 Å². The molecule has 0 atom stereocenters. The number of nitrogens with zero attached hydrogens (tertiary/aromatic N) is 3. The van der Waals surface area contributed by atoms with E-state index in [1.165, 1.54) is 5.56 Å². The highest BCUT2D eigenvalue weighted by molar-refractivity contribution is 7.98. The molecule has 2 heterocycles. The lowest BCUT2D eigenvalue weighted by Gasteiger charge is -2.35. The van der Waals surface area contributed by atoms with Gasteiger partial charge >= 0.3 is 0 Å². The average Bonchev–Trinajstić information content (AvgIpc) is 3.32. The lowest BCUT2D eigenvalue weighted by atomic mass is 10.1. The van der Waals surface area contributed by atoms with E-state index in [0.717, 1.165) is 60.4 Å². The van der Waals surface area contributed by atoms with Crippen LogP contribution in [0.25, 0.3) is 0 Å². The Kier molecular flexibility index (Phi) is 7.04. The first kappa shape index (κ1) is 20.9.